The van der Waals surface area contributed by atoms with E-state index in [-0.39, 0.29) is 88.3 Å². The van der Waals surface area contributed by atoms with Gasteiger partial charge in [0.2, 0.25) is 0 Å². The van der Waals surface area contributed by atoms with Gasteiger partial charge in [0.05, 0.1) is 17.1 Å². The minimum Gasteiger partial charge on any atom is -1.00 e. The van der Waals surface area contributed by atoms with Crippen LogP contribution in [0.25, 0.3) is 10.8 Å². The molecule has 255 valence electrons. The SMILES string of the molecule is C1CCOC1.C1CCOC1.CC(C)c1ccc[c-]c1N=C1C(=Nc2c(C(C)C)cccc2C(C)C)c2cccc3cccc1c23.[I-].[I-].[Sm+3]. The minimum atomic E-state index is 0. The average Bonchev–Trinajstić information content (AvgIpc) is 3.85. The molecule has 0 amide bonds. The van der Waals surface area contributed by atoms with Crippen LogP contribution in [0.3, 0.4) is 0 Å². The Hall–Kier alpha value is -0.802. The molecular weight excluding hydrogens is 957 g/mol. The molecule has 0 spiro atoms. The van der Waals surface area contributed by atoms with Crippen LogP contribution in [-0.4, -0.2) is 37.9 Å². The van der Waals surface area contributed by atoms with Crippen LogP contribution in [-0.2, 0) is 9.47 Å². The molecule has 0 saturated carbocycles. The number of ether oxygens (including phenoxy) is 2. The molecule has 0 bridgehead atoms. The van der Waals surface area contributed by atoms with Gasteiger partial charge in [-0.05, 0) is 59.7 Å². The van der Waals surface area contributed by atoms with Gasteiger partial charge in [0.1, 0.15) is 0 Å². The van der Waals surface area contributed by atoms with E-state index in [9.17, 15) is 0 Å². The topological polar surface area (TPSA) is 43.2 Å². The molecule has 7 rings (SSSR count). The maximum absolute atomic E-state index is 5.46. The Bertz CT molecular complexity index is 1600. The molecule has 0 unspecified atom stereocenters. The Morgan fingerprint density at radius 3 is 1.44 bits per heavy atom. The largest absolute Gasteiger partial charge is 3.00 e. The first-order valence-corrected chi connectivity index (χ1v) is 16.9. The van der Waals surface area contributed by atoms with E-state index in [2.05, 4.69) is 108 Å². The number of para-hydroxylation sites is 2. The molecule has 4 aromatic carbocycles. The molecule has 4 nitrogen and oxygen atoms in total. The third-order valence-corrected chi connectivity index (χ3v) is 8.57. The summed E-state index contributed by atoms with van der Waals surface area (Å²) >= 11 is 0. The average molecular weight is 1010 g/mol. The monoisotopic (exact) mass is 1010 g/mol. The second-order valence-electron chi connectivity index (χ2n) is 13.0. The molecule has 0 atom stereocenters. The van der Waals surface area contributed by atoms with Gasteiger partial charge in [0, 0.05) is 42.9 Å². The minimum absolute atomic E-state index is 0. The first kappa shape index (κ1) is 43.4. The number of nitrogens with zero attached hydrogens (tertiary/aromatic N) is 2. The second-order valence-corrected chi connectivity index (χ2v) is 13.0. The van der Waals surface area contributed by atoms with Crippen molar-refractivity contribution in [2.45, 2.75) is 85.0 Å². The zero-order chi connectivity index (χ0) is 31.8. The van der Waals surface area contributed by atoms with E-state index in [0.29, 0.717) is 17.8 Å². The van der Waals surface area contributed by atoms with Crippen LogP contribution in [0.4, 0.5) is 11.4 Å². The van der Waals surface area contributed by atoms with Crippen molar-refractivity contribution in [2.24, 2.45) is 9.98 Å². The number of hydrogen-bond donors (Lipinski definition) is 0. The van der Waals surface area contributed by atoms with Crippen LogP contribution < -0.4 is 48.0 Å². The molecule has 2 aliphatic heterocycles. The van der Waals surface area contributed by atoms with Crippen molar-refractivity contribution >= 4 is 33.6 Å². The van der Waals surface area contributed by atoms with Gasteiger partial charge in [0.25, 0.3) is 0 Å². The fourth-order valence-corrected chi connectivity index (χ4v) is 6.11. The second kappa shape index (κ2) is 21.5. The zero-order valence-electron chi connectivity index (χ0n) is 29.2. The third kappa shape index (κ3) is 10.9. The Balaban J connectivity index is 0.000000528. The summed E-state index contributed by atoms with van der Waals surface area (Å²) in [5, 5.41) is 2.46. The molecule has 0 aromatic heterocycles. The van der Waals surface area contributed by atoms with Crippen molar-refractivity contribution in [2.75, 3.05) is 26.4 Å². The van der Waals surface area contributed by atoms with Gasteiger partial charge < -0.3 is 57.4 Å². The van der Waals surface area contributed by atoms with Gasteiger partial charge >= 0.3 is 40.4 Å². The van der Waals surface area contributed by atoms with E-state index in [1.165, 1.54) is 53.1 Å². The van der Waals surface area contributed by atoms with Crippen LogP contribution in [0.1, 0.15) is 113 Å². The molecule has 7 heteroatoms. The third-order valence-electron chi connectivity index (χ3n) is 8.57. The Kier molecular flexibility index (Phi) is 19.5. The molecule has 1 radical (unpaired) electrons. The summed E-state index contributed by atoms with van der Waals surface area (Å²) in [5.41, 5.74) is 9.95. The normalized spacial score (nSPS) is 16.3. The standard InChI is InChI=1S/C33H33N2.2C4H8O.2HI.Sm/c1-20(2)24-14-7-8-19-29(24)34-32-27-17-9-12-23-13-10-18-28(30(23)27)33(32)35-31-25(21(3)4)15-11-16-26(31)22(5)6;2*1-2-4-5-3-1;;;/h7-18,20-22H,1-6H3;2*1-4H2;2*1H;/q-1;;;;;+3/p-2. The summed E-state index contributed by atoms with van der Waals surface area (Å²) in [6.45, 7) is 17.4. The molecule has 0 N–H and O–H groups in total. The molecular formula is C41H49I2N2O2Sm. The molecule has 4 aromatic rings. The van der Waals surface area contributed by atoms with Crippen molar-refractivity contribution in [1.82, 2.24) is 0 Å². The van der Waals surface area contributed by atoms with E-state index in [1.54, 1.807) is 0 Å². The summed E-state index contributed by atoms with van der Waals surface area (Å²) < 4.78 is 9.89. The van der Waals surface area contributed by atoms with Gasteiger partial charge in [-0.25, -0.2) is 4.99 Å². The maximum Gasteiger partial charge on any atom is 3.00 e. The van der Waals surface area contributed by atoms with E-state index in [0.717, 1.165) is 60.4 Å². The fraction of sp³-hybridized carbons (Fsp3) is 0.415. The molecule has 2 saturated heterocycles. The van der Waals surface area contributed by atoms with Gasteiger partial charge in [-0.2, -0.15) is 24.3 Å². The van der Waals surface area contributed by atoms with Gasteiger partial charge in [-0.3, -0.25) is 4.99 Å². The number of hydrogen-bond acceptors (Lipinski definition) is 4. The number of benzene rings is 4. The van der Waals surface area contributed by atoms with Crippen molar-refractivity contribution in [3.05, 3.63) is 107 Å². The molecule has 2 fully saturated rings. The maximum atomic E-state index is 5.46. The molecule has 2 heterocycles. The van der Waals surface area contributed by atoms with E-state index in [4.69, 9.17) is 19.5 Å². The van der Waals surface area contributed by atoms with E-state index >= 15 is 0 Å². The van der Waals surface area contributed by atoms with Crippen molar-refractivity contribution < 1.29 is 97.8 Å². The predicted octanol–water partition coefficient (Wildman–Crippen LogP) is 4.87. The van der Waals surface area contributed by atoms with Gasteiger partial charge in [0.15, 0.2) is 0 Å². The molecule has 1 aliphatic carbocycles. The number of halogens is 2. The smallest absolute Gasteiger partial charge is 1.00 e. The summed E-state index contributed by atoms with van der Waals surface area (Å²) in [6.07, 6.45) is 5.11. The van der Waals surface area contributed by atoms with E-state index in [1.807, 2.05) is 12.1 Å². The van der Waals surface area contributed by atoms with Crippen LogP contribution in [0.15, 0.2) is 82.8 Å². The molecule has 3 aliphatic rings. The van der Waals surface area contributed by atoms with Crippen molar-refractivity contribution in [3.63, 3.8) is 0 Å². The summed E-state index contributed by atoms with van der Waals surface area (Å²) in [4.78, 5) is 10.7. The van der Waals surface area contributed by atoms with Crippen LogP contribution in [0, 0.1) is 46.5 Å². The Morgan fingerprint density at radius 1 is 0.562 bits per heavy atom. The Morgan fingerprint density at radius 2 is 1.00 bits per heavy atom. The van der Waals surface area contributed by atoms with Gasteiger partial charge in [-0.1, -0.05) is 102 Å². The van der Waals surface area contributed by atoms with Crippen LogP contribution in [0.5, 0.6) is 0 Å². The predicted molar refractivity (Wildman–Crippen MR) is 190 cm³/mol. The quantitative estimate of drug-likeness (QED) is 0.212. The zero-order valence-corrected chi connectivity index (χ0v) is 36.1. The molecule has 48 heavy (non-hydrogen) atoms. The summed E-state index contributed by atoms with van der Waals surface area (Å²) in [7, 11) is 0. The summed E-state index contributed by atoms with van der Waals surface area (Å²) in [6, 6.07) is 29.2. The number of aliphatic imine (C=N–C) groups is 2. The van der Waals surface area contributed by atoms with Crippen LogP contribution in [0.2, 0.25) is 0 Å². The van der Waals surface area contributed by atoms with E-state index < -0.39 is 0 Å². The number of rotatable bonds is 5. The van der Waals surface area contributed by atoms with Crippen molar-refractivity contribution in [1.29, 1.82) is 0 Å². The first-order chi connectivity index (χ1) is 21.9. The summed E-state index contributed by atoms with van der Waals surface area (Å²) in [5.74, 6) is 1.12. The van der Waals surface area contributed by atoms with Crippen LogP contribution >= 0.6 is 0 Å². The first-order valence-electron chi connectivity index (χ1n) is 16.9. The van der Waals surface area contributed by atoms with Gasteiger partial charge in [-0.15, -0.1) is 5.56 Å². The van der Waals surface area contributed by atoms with Crippen molar-refractivity contribution in [3.8, 4) is 0 Å². The Labute approximate surface area is 355 Å². The fourth-order valence-electron chi connectivity index (χ4n) is 6.11.